The summed E-state index contributed by atoms with van der Waals surface area (Å²) in [6.07, 6.45) is 2.08. The van der Waals surface area contributed by atoms with Crippen LogP contribution in [0.1, 0.15) is 44.2 Å². The number of hydrogen-bond donors (Lipinski definition) is 1. The molecule has 0 fully saturated rings. The van der Waals surface area contributed by atoms with E-state index in [9.17, 15) is 18.0 Å². The summed E-state index contributed by atoms with van der Waals surface area (Å²) in [6, 6.07) is 19.0. The van der Waals surface area contributed by atoms with Crippen LogP contribution in [-0.4, -0.2) is 44.3 Å². The van der Waals surface area contributed by atoms with Gasteiger partial charge in [0.05, 0.1) is 10.6 Å². The normalized spacial score (nSPS) is 12.0. The van der Waals surface area contributed by atoms with Gasteiger partial charge in [-0.15, -0.1) is 0 Å². The van der Waals surface area contributed by atoms with Crippen molar-refractivity contribution in [2.45, 2.75) is 57.5 Å². The summed E-state index contributed by atoms with van der Waals surface area (Å²) >= 11 is 12.1. The second kappa shape index (κ2) is 14.5. The highest BCUT2D eigenvalue weighted by molar-refractivity contribution is 7.92. The SMILES string of the molecule is CCCCNC(=O)C(CC)N(Cc1ccc(Cl)cc1)C(=O)CN(c1ccccc1C)S(=O)(=O)c1ccc(Cl)cc1. The molecule has 3 aromatic rings. The van der Waals surface area contributed by atoms with E-state index >= 15 is 0 Å². The molecular formula is C30H35Cl2N3O4S. The van der Waals surface area contributed by atoms with Crippen molar-refractivity contribution in [3.05, 3.63) is 94.0 Å². The van der Waals surface area contributed by atoms with Crippen molar-refractivity contribution < 1.29 is 18.0 Å². The standard InChI is InChI=1S/C30H35Cl2N3O4S/c1-4-6-19-33-30(37)27(5-2)34(20-23-11-13-24(31)14-12-23)29(36)21-35(28-10-8-7-9-22(28)3)40(38,39)26-17-15-25(32)16-18-26/h7-18,27H,4-6,19-21H2,1-3H3,(H,33,37). The predicted octanol–water partition coefficient (Wildman–Crippen LogP) is 6.22. The molecule has 0 aliphatic rings. The van der Waals surface area contributed by atoms with E-state index in [1.165, 1.54) is 29.2 Å². The zero-order valence-electron chi connectivity index (χ0n) is 22.9. The molecule has 0 aliphatic carbocycles. The molecule has 0 bridgehead atoms. The lowest BCUT2D eigenvalue weighted by Crippen LogP contribution is -2.52. The van der Waals surface area contributed by atoms with Crippen LogP contribution in [-0.2, 0) is 26.2 Å². The second-order valence-electron chi connectivity index (χ2n) is 9.47. The summed E-state index contributed by atoms with van der Waals surface area (Å²) in [5, 5.41) is 3.86. The highest BCUT2D eigenvalue weighted by Crippen LogP contribution is 2.28. The maximum absolute atomic E-state index is 14.1. The number of anilines is 1. The van der Waals surface area contributed by atoms with Crippen LogP contribution < -0.4 is 9.62 Å². The van der Waals surface area contributed by atoms with Gasteiger partial charge in [0.2, 0.25) is 11.8 Å². The average molecular weight is 605 g/mol. The molecule has 0 saturated heterocycles. The van der Waals surface area contributed by atoms with Crippen LogP contribution in [0.5, 0.6) is 0 Å². The van der Waals surface area contributed by atoms with Gasteiger partial charge in [-0.3, -0.25) is 13.9 Å². The highest BCUT2D eigenvalue weighted by atomic mass is 35.5. The van der Waals surface area contributed by atoms with E-state index in [2.05, 4.69) is 5.32 Å². The number of halogens is 2. The number of nitrogens with one attached hydrogen (secondary N) is 1. The van der Waals surface area contributed by atoms with E-state index in [0.717, 1.165) is 22.7 Å². The van der Waals surface area contributed by atoms with Crippen molar-refractivity contribution in [3.63, 3.8) is 0 Å². The highest BCUT2D eigenvalue weighted by Gasteiger charge is 2.34. The van der Waals surface area contributed by atoms with E-state index in [0.29, 0.717) is 34.3 Å². The van der Waals surface area contributed by atoms with Crippen molar-refractivity contribution in [1.29, 1.82) is 0 Å². The first kappa shape index (κ1) is 31.5. The first-order valence-corrected chi connectivity index (χ1v) is 15.4. The summed E-state index contributed by atoms with van der Waals surface area (Å²) < 4.78 is 28.9. The third-order valence-electron chi connectivity index (χ3n) is 6.55. The summed E-state index contributed by atoms with van der Waals surface area (Å²) in [7, 11) is -4.16. The van der Waals surface area contributed by atoms with Crippen molar-refractivity contribution in [1.82, 2.24) is 10.2 Å². The van der Waals surface area contributed by atoms with Gasteiger partial charge in [-0.05, 0) is 73.4 Å². The van der Waals surface area contributed by atoms with E-state index in [1.54, 1.807) is 55.5 Å². The zero-order valence-corrected chi connectivity index (χ0v) is 25.3. The van der Waals surface area contributed by atoms with Gasteiger partial charge in [0, 0.05) is 23.1 Å². The number of sulfonamides is 1. The molecule has 214 valence electrons. The van der Waals surface area contributed by atoms with Gasteiger partial charge in [0.25, 0.3) is 10.0 Å². The summed E-state index contributed by atoms with van der Waals surface area (Å²) in [4.78, 5) is 28.8. The van der Waals surface area contributed by atoms with Crippen LogP contribution >= 0.6 is 23.2 Å². The van der Waals surface area contributed by atoms with Gasteiger partial charge >= 0.3 is 0 Å². The van der Waals surface area contributed by atoms with Gasteiger partial charge in [0.15, 0.2) is 0 Å². The number of aryl methyl sites for hydroxylation is 1. The van der Waals surface area contributed by atoms with Gasteiger partial charge in [-0.25, -0.2) is 8.42 Å². The second-order valence-corrected chi connectivity index (χ2v) is 12.2. The number of rotatable bonds is 13. The molecule has 0 aliphatic heterocycles. The molecule has 0 spiro atoms. The van der Waals surface area contributed by atoms with E-state index in [-0.39, 0.29) is 17.3 Å². The van der Waals surface area contributed by atoms with Crippen LogP contribution in [0.25, 0.3) is 0 Å². The molecule has 0 radical (unpaired) electrons. The van der Waals surface area contributed by atoms with Gasteiger partial charge < -0.3 is 10.2 Å². The number of nitrogens with zero attached hydrogens (tertiary/aromatic N) is 2. The topological polar surface area (TPSA) is 86.8 Å². The fraction of sp³-hybridized carbons (Fsp3) is 0.333. The molecule has 2 amide bonds. The summed E-state index contributed by atoms with van der Waals surface area (Å²) in [5.74, 6) is -0.783. The van der Waals surface area contributed by atoms with Gasteiger partial charge in [-0.2, -0.15) is 0 Å². The molecule has 10 heteroatoms. The van der Waals surface area contributed by atoms with Crippen molar-refractivity contribution in [3.8, 4) is 0 Å². The molecule has 3 aromatic carbocycles. The Morgan fingerprint density at radius 1 is 0.900 bits per heavy atom. The van der Waals surface area contributed by atoms with Crippen LogP contribution in [0.3, 0.4) is 0 Å². The molecular weight excluding hydrogens is 569 g/mol. The lowest BCUT2D eigenvalue weighted by Gasteiger charge is -2.33. The van der Waals surface area contributed by atoms with Crippen LogP contribution in [0.4, 0.5) is 5.69 Å². The number of carbonyl (C=O) groups is 2. The Kier molecular flexibility index (Phi) is 11.4. The van der Waals surface area contributed by atoms with Crippen LogP contribution in [0, 0.1) is 6.92 Å². The maximum atomic E-state index is 14.1. The minimum absolute atomic E-state index is 0.00144. The minimum Gasteiger partial charge on any atom is -0.354 e. The fourth-order valence-corrected chi connectivity index (χ4v) is 6.03. The molecule has 1 N–H and O–H groups in total. The van der Waals surface area contributed by atoms with Crippen LogP contribution in [0.15, 0.2) is 77.7 Å². The quantitative estimate of drug-likeness (QED) is 0.235. The number of unbranched alkanes of at least 4 members (excludes halogenated alkanes) is 1. The number of hydrogen-bond acceptors (Lipinski definition) is 4. The Labute approximate surface area is 247 Å². The molecule has 0 aromatic heterocycles. The molecule has 3 rings (SSSR count). The molecule has 0 heterocycles. The van der Waals surface area contributed by atoms with Gasteiger partial charge in [0.1, 0.15) is 12.6 Å². The smallest absolute Gasteiger partial charge is 0.264 e. The van der Waals surface area contributed by atoms with E-state index in [1.807, 2.05) is 13.8 Å². The third-order valence-corrected chi connectivity index (χ3v) is 8.82. The number of benzene rings is 3. The molecule has 40 heavy (non-hydrogen) atoms. The number of para-hydroxylation sites is 1. The summed E-state index contributed by atoms with van der Waals surface area (Å²) in [5.41, 5.74) is 1.82. The van der Waals surface area contributed by atoms with Crippen LogP contribution in [0.2, 0.25) is 10.0 Å². The van der Waals surface area contributed by atoms with Crippen molar-refractivity contribution in [2.24, 2.45) is 0 Å². The average Bonchev–Trinajstić information content (AvgIpc) is 2.93. The zero-order chi connectivity index (χ0) is 29.3. The minimum atomic E-state index is -4.16. The Morgan fingerprint density at radius 3 is 2.08 bits per heavy atom. The van der Waals surface area contributed by atoms with E-state index in [4.69, 9.17) is 23.2 Å². The molecule has 7 nitrogen and oxygen atoms in total. The monoisotopic (exact) mass is 603 g/mol. The Bertz CT molecular complexity index is 1400. The lowest BCUT2D eigenvalue weighted by molar-refractivity contribution is -0.140. The predicted molar refractivity (Wildman–Crippen MR) is 161 cm³/mol. The van der Waals surface area contributed by atoms with E-state index < -0.39 is 28.5 Å². The number of carbonyl (C=O) groups excluding carboxylic acids is 2. The first-order chi connectivity index (χ1) is 19.1. The molecule has 1 unspecified atom stereocenters. The van der Waals surface area contributed by atoms with Crippen molar-refractivity contribution in [2.75, 3.05) is 17.4 Å². The lowest BCUT2D eigenvalue weighted by atomic mass is 10.1. The van der Waals surface area contributed by atoms with Gasteiger partial charge in [-0.1, -0.05) is 73.8 Å². The Morgan fingerprint density at radius 2 is 1.50 bits per heavy atom. The third kappa shape index (κ3) is 7.99. The fourth-order valence-electron chi connectivity index (χ4n) is 4.30. The first-order valence-electron chi connectivity index (χ1n) is 13.2. The Hall–Kier alpha value is -3.07. The summed E-state index contributed by atoms with van der Waals surface area (Å²) in [6.45, 7) is 5.75. The Balaban J connectivity index is 2.04. The maximum Gasteiger partial charge on any atom is 0.264 e. The largest absolute Gasteiger partial charge is 0.354 e. The molecule has 1 atom stereocenters. The van der Waals surface area contributed by atoms with Crippen molar-refractivity contribution >= 4 is 50.7 Å². The molecule has 0 saturated carbocycles. The number of amides is 2.